The van der Waals surface area contributed by atoms with E-state index in [0.717, 1.165) is 19.5 Å². The number of hydrogen-bond donors (Lipinski definition) is 2. The molecule has 0 aromatic rings. The van der Waals surface area contributed by atoms with Crippen molar-refractivity contribution in [1.29, 1.82) is 0 Å². The van der Waals surface area contributed by atoms with Crippen molar-refractivity contribution in [1.82, 2.24) is 10.6 Å². The van der Waals surface area contributed by atoms with Gasteiger partial charge in [-0.2, -0.15) is 0 Å². The first-order chi connectivity index (χ1) is 4.77. The molecular formula is C5H12N2NaO2P. The maximum atomic E-state index is 10.1. The van der Waals surface area contributed by atoms with E-state index < -0.39 is 14.9 Å². The fourth-order valence-electron chi connectivity index (χ4n) is 0.960. The SMILES string of the molecule is CC1(OP[O-])NCCCN1.[Na+]. The van der Waals surface area contributed by atoms with E-state index in [1.165, 1.54) is 0 Å². The third-order valence-electron chi connectivity index (χ3n) is 1.52. The summed E-state index contributed by atoms with van der Waals surface area (Å²) in [5, 5.41) is 6.14. The van der Waals surface area contributed by atoms with E-state index in [-0.39, 0.29) is 29.6 Å². The Kier molecular flexibility index (Phi) is 6.51. The van der Waals surface area contributed by atoms with E-state index in [0.29, 0.717) is 0 Å². The van der Waals surface area contributed by atoms with Gasteiger partial charge >= 0.3 is 29.6 Å². The molecule has 0 aromatic carbocycles. The molecule has 6 heteroatoms. The molecule has 0 radical (unpaired) electrons. The maximum absolute atomic E-state index is 10.1. The van der Waals surface area contributed by atoms with Gasteiger partial charge in [0, 0.05) is 13.1 Å². The van der Waals surface area contributed by atoms with Crippen LogP contribution in [0.25, 0.3) is 0 Å². The van der Waals surface area contributed by atoms with Gasteiger partial charge in [-0.25, -0.2) is 0 Å². The molecule has 1 heterocycles. The van der Waals surface area contributed by atoms with Gasteiger partial charge in [0.15, 0.2) is 5.85 Å². The molecule has 4 nitrogen and oxygen atoms in total. The van der Waals surface area contributed by atoms with Crippen LogP contribution in [0.1, 0.15) is 13.3 Å². The fraction of sp³-hybridized carbons (Fsp3) is 1.00. The molecule has 0 spiro atoms. The predicted molar refractivity (Wildman–Crippen MR) is 38.4 cm³/mol. The minimum atomic E-state index is -0.715. The van der Waals surface area contributed by atoms with Crippen LogP contribution in [-0.4, -0.2) is 18.9 Å². The Morgan fingerprint density at radius 3 is 2.45 bits per heavy atom. The number of rotatable bonds is 2. The molecule has 60 valence electrons. The zero-order valence-corrected chi connectivity index (χ0v) is 9.94. The second kappa shape index (κ2) is 5.84. The van der Waals surface area contributed by atoms with Crippen LogP contribution in [0.3, 0.4) is 0 Å². The van der Waals surface area contributed by atoms with E-state index in [4.69, 9.17) is 4.52 Å². The summed E-state index contributed by atoms with van der Waals surface area (Å²) in [6.07, 6.45) is 1.08. The van der Waals surface area contributed by atoms with Gasteiger partial charge in [-0.15, -0.1) is 0 Å². The molecule has 1 atom stereocenters. The smallest absolute Gasteiger partial charge is 0.810 e. The topological polar surface area (TPSA) is 56.4 Å². The van der Waals surface area contributed by atoms with Crippen molar-refractivity contribution in [2.75, 3.05) is 13.1 Å². The molecule has 1 unspecified atom stereocenters. The van der Waals surface area contributed by atoms with Gasteiger partial charge in [-0.05, 0) is 13.3 Å². The van der Waals surface area contributed by atoms with Gasteiger partial charge in [-0.1, -0.05) is 9.03 Å². The molecular weight excluding hydrogens is 174 g/mol. The molecule has 1 saturated heterocycles. The Hall–Kier alpha value is 1.27. The quantitative estimate of drug-likeness (QED) is 0.342. The first kappa shape index (κ1) is 12.3. The minimum Gasteiger partial charge on any atom is -0.810 e. The average Bonchev–Trinajstić information content (AvgIpc) is 1.89. The summed E-state index contributed by atoms with van der Waals surface area (Å²) < 4.78 is 4.92. The summed E-state index contributed by atoms with van der Waals surface area (Å²) in [7, 11) is -0.715. The first-order valence-electron chi connectivity index (χ1n) is 3.32. The molecule has 1 rings (SSSR count). The largest absolute Gasteiger partial charge is 1.00 e. The van der Waals surface area contributed by atoms with Crippen molar-refractivity contribution >= 4 is 9.03 Å². The van der Waals surface area contributed by atoms with Gasteiger partial charge in [0.25, 0.3) is 0 Å². The van der Waals surface area contributed by atoms with Gasteiger partial charge in [0.2, 0.25) is 0 Å². The standard InChI is InChI=1S/C5H12N2O2P.Na/c1-5(9-10-8)6-3-2-4-7-5;/h6-7,10H,2-4H2,1H3;/q-1;+1. The van der Waals surface area contributed by atoms with Gasteiger partial charge < -0.3 is 9.42 Å². The molecule has 11 heavy (non-hydrogen) atoms. The van der Waals surface area contributed by atoms with Crippen molar-refractivity contribution in [3.05, 3.63) is 0 Å². The molecule has 0 aliphatic carbocycles. The summed E-state index contributed by atoms with van der Waals surface area (Å²) in [6, 6.07) is 0. The number of nitrogens with one attached hydrogen (secondary N) is 2. The molecule has 1 fully saturated rings. The predicted octanol–water partition coefficient (Wildman–Crippen LogP) is -3.87. The normalized spacial score (nSPS) is 23.5. The summed E-state index contributed by atoms with van der Waals surface area (Å²) in [5.74, 6) is -0.571. The summed E-state index contributed by atoms with van der Waals surface area (Å²) in [4.78, 5) is 10.1. The van der Waals surface area contributed by atoms with Crippen LogP contribution in [0.2, 0.25) is 0 Å². The molecule has 0 bridgehead atoms. The van der Waals surface area contributed by atoms with Crippen LogP contribution >= 0.6 is 9.03 Å². The minimum absolute atomic E-state index is 0. The molecule has 1 aliphatic heterocycles. The molecule has 0 aromatic heterocycles. The van der Waals surface area contributed by atoms with E-state index in [2.05, 4.69) is 10.6 Å². The molecule has 0 amide bonds. The summed E-state index contributed by atoms with van der Waals surface area (Å²) >= 11 is 0. The van der Waals surface area contributed by atoms with Crippen LogP contribution in [0.4, 0.5) is 0 Å². The van der Waals surface area contributed by atoms with Crippen molar-refractivity contribution in [2.45, 2.75) is 19.2 Å². The van der Waals surface area contributed by atoms with Gasteiger partial charge in [-0.3, -0.25) is 10.6 Å². The molecule has 2 N–H and O–H groups in total. The van der Waals surface area contributed by atoms with E-state index >= 15 is 0 Å². The summed E-state index contributed by atoms with van der Waals surface area (Å²) in [5.41, 5.74) is 0. The fourth-order valence-corrected chi connectivity index (χ4v) is 1.27. The Balaban J connectivity index is 0.000001000. The Morgan fingerprint density at radius 2 is 2.00 bits per heavy atom. The van der Waals surface area contributed by atoms with Crippen LogP contribution in [-0.2, 0) is 4.52 Å². The van der Waals surface area contributed by atoms with Gasteiger partial charge in [0.1, 0.15) is 0 Å². The van der Waals surface area contributed by atoms with Crippen molar-refractivity contribution < 1.29 is 39.0 Å². The Bertz CT molecular complexity index is 105. The van der Waals surface area contributed by atoms with Crippen LogP contribution in [0, 0.1) is 0 Å². The van der Waals surface area contributed by atoms with Crippen molar-refractivity contribution in [3.8, 4) is 0 Å². The second-order valence-electron chi connectivity index (χ2n) is 2.43. The number of hydrogen-bond acceptors (Lipinski definition) is 4. The van der Waals surface area contributed by atoms with Crippen LogP contribution in [0.15, 0.2) is 0 Å². The third-order valence-corrected chi connectivity index (χ3v) is 2.02. The second-order valence-corrected chi connectivity index (χ2v) is 2.80. The zero-order chi connectivity index (χ0) is 7.45. The monoisotopic (exact) mass is 186 g/mol. The van der Waals surface area contributed by atoms with Crippen LogP contribution in [0.5, 0.6) is 0 Å². The molecule has 0 saturated carbocycles. The average molecular weight is 186 g/mol. The summed E-state index contributed by atoms with van der Waals surface area (Å²) in [6.45, 7) is 3.65. The maximum Gasteiger partial charge on any atom is 1.00 e. The Labute approximate surface area is 90.7 Å². The van der Waals surface area contributed by atoms with Gasteiger partial charge in [0.05, 0.1) is 0 Å². The zero-order valence-electron chi connectivity index (χ0n) is 6.94. The van der Waals surface area contributed by atoms with E-state index in [1.807, 2.05) is 6.92 Å². The van der Waals surface area contributed by atoms with Crippen molar-refractivity contribution in [3.63, 3.8) is 0 Å². The third kappa shape index (κ3) is 4.15. The van der Waals surface area contributed by atoms with E-state index in [1.54, 1.807) is 0 Å². The molecule has 1 aliphatic rings. The Morgan fingerprint density at radius 1 is 1.45 bits per heavy atom. The van der Waals surface area contributed by atoms with E-state index in [9.17, 15) is 4.89 Å². The first-order valence-corrected chi connectivity index (χ1v) is 4.14. The van der Waals surface area contributed by atoms with Crippen molar-refractivity contribution in [2.24, 2.45) is 0 Å². The van der Waals surface area contributed by atoms with Crippen LogP contribution < -0.4 is 45.1 Å².